The van der Waals surface area contributed by atoms with Gasteiger partial charge < -0.3 is 19.4 Å². The van der Waals surface area contributed by atoms with Gasteiger partial charge in [-0.3, -0.25) is 4.90 Å². The maximum atomic E-state index is 12.2. The van der Waals surface area contributed by atoms with Crippen LogP contribution < -0.4 is 0 Å². The number of piperidine rings is 1. The van der Waals surface area contributed by atoms with Crippen molar-refractivity contribution in [1.29, 1.82) is 0 Å². The van der Waals surface area contributed by atoms with Crippen LogP contribution in [0.2, 0.25) is 0 Å². The first-order valence-corrected chi connectivity index (χ1v) is 8.71. The average Bonchev–Trinajstić information content (AvgIpc) is 2.85. The molecule has 0 radical (unpaired) electrons. The Kier molecular flexibility index (Phi) is 4.90. The van der Waals surface area contributed by atoms with Gasteiger partial charge in [0.1, 0.15) is 5.60 Å². The van der Waals surface area contributed by atoms with E-state index in [0.717, 1.165) is 78.3 Å². The molecular weight excluding hydrogens is 280 g/mol. The number of nitrogens with zero attached hydrogens (tertiary/aromatic N) is 4. The third-order valence-corrected chi connectivity index (χ3v) is 5.54. The zero-order valence-corrected chi connectivity index (χ0v) is 14.1. The quantitative estimate of drug-likeness (QED) is 0.758. The van der Waals surface area contributed by atoms with Crippen LogP contribution in [0.4, 0.5) is 4.79 Å². The summed E-state index contributed by atoms with van der Waals surface area (Å²) in [6.45, 7) is 12.5. The van der Waals surface area contributed by atoms with E-state index < -0.39 is 0 Å². The molecule has 0 atom stereocenters. The van der Waals surface area contributed by atoms with Crippen LogP contribution in [0.1, 0.15) is 19.8 Å². The van der Waals surface area contributed by atoms with E-state index in [0.29, 0.717) is 0 Å². The van der Waals surface area contributed by atoms with Crippen molar-refractivity contribution in [3.8, 4) is 0 Å². The fourth-order valence-electron chi connectivity index (χ4n) is 3.74. The molecule has 3 heterocycles. The number of hydrogen-bond acceptors (Lipinski definition) is 5. The lowest BCUT2D eigenvalue weighted by atomic mass is 9.91. The molecule has 3 aliphatic heterocycles. The van der Waals surface area contributed by atoms with Crippen LogP contribution in [0, 0.1) is 0 Å². The number of carbonyl (C=O) groups is 1. The van der Waals surface area contributed by atoms with Gasteiger partial charge >= 0.3 is 6.09 Å². The lowest BCUT2D eigenvalue weighted by Gasteiger charge is -2.36. The molecule has 0 aromatic heterocycles. The largest absolute Gasteiger partial charge is 0.441 e. The molecule has 0 N–H and O–H groups in total. The molecule has 0 saturated carbocycles. The highest BCUT2D eigenvalue weighted by molar-refractivity contribution is 5.70. The lowest BCUT2D eigenvalue weighted by Crippen LogP contribution is -2.49. The summed E-state index contributed by atoms with van der Waals surface area (Å²) in [5, 5.41) is 0. The van der Waals surface area contributed by atoms with Gasteiger partial charge in [0.15, 0.2) is 0 Å². The van der Waals surface area contributed by atoms with Crippen molar-refractivity contribution in [1.82, 2.24) is 19.6 Å². The summed E-state index contributed by atoms with van der Waals surface area (Å²) >= 11 is 0. The van der Waals surface area contributed by atoms with Gasteiger partial charge in [0.2, 0.25) is 0 Å². The van der Waals surface area contributed by atoms with Gasteiger partial charge in [-0.2, -0.15) is 0 Å². The topological polar surface area (TPSA) is 39.3 Å². The molecule has 0 bridgehead atoms. The number of carbonyl (C=O) groups excluding carboxylic acids is 1. The third kappa shape index (κ3) is 3.55. The van der Waals surface area contributed by atoms with Crippen molar-refractivity contribution in [2.24, 2.45) is 0 Å². The maximum absolute atomic E-state index is 12.2. The van der Waals surface area contributed by atoms with E-state index in [1.165, 1.54) is 0 Å². The van der Waals surface area contributed by atoms with Crippen molar-refractivity contribution in [3.63, 3.8) is 0 Å². The van der Waals surface area contributed by atoms with Crippen LogP contribution in [0.25, 0.3) is 0 Å². The summed E-state index contributed by atoms with van der Waals surface area (Å²) in [5.74, 6) is 0. The first-order chi connectivity index (χ1) is 10.6. The maximum Gasteiger partial charge on any atom is 0.410 e. The Labute approximate surface area is 134 Å². The monoisotopic (exact) mass is 310 g/mol. The number of rotatable bonds is 4. The second-order valence-corrected chi connectivity index (χ2v) is 7.05. The minimum absolute atomic E-state index is 0.100. The second-order valence-electron chi connectivity index (χ2n) is 7.05. The SMILES string of the molecule is CCN1CCN(CCN2CC3(CCN(C)CC3)OC2=O)CC1. The van der Waals surface area contributed by atoms with Gasteiger partial charge in [0, 0.05) is 65.2 Å². The second kappa shape index (κ2) is 6.72. The lowest BCUT2D eigenvalue weighted by molar-refractivity contribution is 0.00657. The van der Waals surface area contributed by atoms with E-state index in [4.69, 9.17) is 4.74 Å². The van der Waals surface area contributed by atoms with Crippen molar-refractivity contribution < 1.29 is 9.53 Å². The summed E-state index contributed by atoms with van der Waals surface area (Å²) in [6.07, 6.45) is 1.85. The predicted molar refractivity (Wildman–Crippen MR) is 86.1 cm³/mol. The molecule has 6 nitrogen and oxygen atoms in total. The predicted octanol–water partition coefficient (Wildman–Crippen LogP) is 0.541. The molecule has 0 unspecified atom stereocenters. The molecule has 126 valence electrons. The average molecular weight is 310 g/mol. The van der Waals surface area contributed by atoms with Crippen LogP contribution >= 0.6 is 0 Å². The highest BCUT2D eigenvalue weighted by atomic mass is 16.6. The fraction of sp³-hybridized carbons (Fsp3) is 0.938. The molecule has 0 aromatic carbocycles. The van der Waals surface area contributed by atoms with E-state index in [1.54, 1.807) is 0 Å². The third-order valence-electron chi connectivity index (χ3n) is 5.54. The number of likely N-dealkylation sites (tertiary alicyclic amines) is 1. The Hall–Kier alpha value is -0.850. The standard InChI is InChI=1S/C16H30N4O2/c1-3-18-8-10-19(11-9-18)12-13-20-14-16(22-15(20)21)4-6-17(2)7-5-16/h3-14H2,1-2H3. The smallest absolute Gasteiger partial charge is 0.410 e. The minimum Gasteiger partial charge on any atom is -0.441 e. The Bertz CT molecular complexity index is 388. The summed E-state index contributed by atoms with van der Waals surface area (Å²) in [6, 6.07) is 0. The molecule has 3 fully saturated rings. The van der Waals surface area contributed by atoms with Crippen LogP contribution in [0.5, 0.6) is 0 Å². The van der Waals surface area contributed by atoms with Crippen LogP contribution in [-0.2, 0) is 4.74 Å². The molecule has 3 aliphatic rings. The van der Waals surface area contributed by atoms with Gasteiger partial charge in [-0.05, 0) is 13.6 Å². The van der Waals surface area contributed by atoms with Crippen molar-refractivity contribution in [2.75, 3.05) is 72.5 Å². The van der Waals surface area contributed by atoms with Crippen molar-refractivity contribution in [2.45, 2.75) is 25.4 Å². The number of ether oxygens (including phenoxy) is 1. The van der Waals surface area contributed by atoms with Crippen LogP contribution in [0.15, 0.2) is 0 Å². The summed E-state index contributed by atoms with van der Waals surface area (Å²) in [4.78, 5) is 21.4. The van der Waals surface area contributed by atoms with E-state index >= 15 is 0 Å². The molecule has 0 aromatic rings. The van der Waals surface area contributed by atoms with Crippen LogP contribution in [0.3, 0.4) is 0 Å². The Morgan fingerprint density at radius 2 is 1.64 bits per heavy atom. The van der Waals surface area contributed by atoms with Crippen LogP contribution in [-0.4, -0.2) is 104 Å². The zero-order valence-electron chi connectivity index (χ0n) is 14.1. The van der Waals surface area contributed by atoms with E-state index in [9.17, 15) is 4.79 Å². The van der Waals surface area contributed by atoms with Gasteiger partial charge in [0.05, 0.1) is 6.54 Å². The molecule has 1 amide bonds. The molecule has 3 rings (SSSR count). The fourth-order valence-corrected chi connectivity index (χ4v) is 3.74. The van der Waals surface area contributed by atoms with Gasteiger partial charge in [-0.15, -0.1) is 0 Å². The number of amides is 1. The summed E-state index contributed by atoms with van der Waals surface area (Å²) in [5.41, 5.74) is -0.204. The number of piperazine rings is 1. The molecule has 6 heteroatoms. The number of likely N-dealkylation sites (N-methyl/N-ethyl adjacent to an activating group) is 1. The zero-order chi connectivity index (χ0) is 15.6. The summed E-state index contributed by atoms with van der Waals surface area (Å²) in [7, 11) is 2.14. The highest BCUT2D eigenvalue weighted by Gasteiger charge is 2.46. The van der Waals surface area contributed by atoms with Crippen molar-refractivity contribution >= 4 is 6.09 Å². The molecule has 1 spiro atoms. The Morgan fingerprint density at radius 3 is 2.27 bits per heavy atom. The van der Waals surface area contributed by atoms with E-state index in [2.05, 4.69) is 28.7 Å². The summed E-state index contributed by atoms with van der Waals surface area (Å²) < 4.78 is 5.76. The Balaban J connectivity index is 1.44. The first kappa shape index (κ1) is 16.0. The molecule has 0 aliphatic carbocycles. The van der Waals surface area contributed by atoms with E-state index in [1.807, 2.05) is 4.90 Å². The van der Waals surface area contributed by atoms with Crippen molar-refractivity contribution in [3.05, 3.63) is 0 Å². The highest BCUT2D eigenvalue weighted by Crippen LogP contribution is 2.32. The Morgan fingerprint density at radius 1 is 1.00 bits per heavy atom. The van der Waals surface area contributed by atoms with Gasteiger partial charge in [-0.25, -0.2) is 4.79 Å². The normalized spacial score (nSPS) is 27.5. The number of hydrogen-bond donors (Lipinski definition) is 0. The van der Waals surface area contributed by atoms with Gasteiger partial charge in [-0.1, -0.05) is 6.92 Å². The first-order valence-electron chi connectivity index (χ1n) is 8.71. The minimum atomic E-state index is -0.204. The molecule has 3 saturated heterocycles. The molecular formula is C16H30N4O2. The van der Waals surface area contributed by atoms with E-state index in [-0.39, 0.29) is 11.7 Å². The molecule has 22 heavy (non-hydrogen) atoms. The van der Waals surface area contributed by atoms with Gasteiger partial charge in [0.25, 0.3) is 0 Å².